The molecule has 0 aliphatic heterocycles. The van der Waals surface area contributed by atoms with E-state index < -0.39 is 18.2 Å². The van der Waals surface area contributed by atoms with E-state index in [1.165, 1.54) is 315 Å². The molecule has 0 radical (unpaired) electrons. The molecule has 0 aromatic heterocycles. The molecule has 0 saturated heterocycles. The Morgan fingerprint density at radius 1 is 0.342 bits per heavy atom. The summed E-state index contributed by atoms with van der Waals surface area (Å²) in [5.74, 6) is -0.276. The van der Waals surface area contributed by atoms with Crippen LogP contribution in [0.5, 0.6) is 0 Å². The molecule has 434 valence electrons. The molecule has 0 heterocycles. The van der Waals surface area contributed by atoms with Crippen LogP contribution in [-0.2, 0) is 4.79 Å². The summed E-state index contributed by atoms with van der Waals surface area (Å²) in [4.78, 5) is 12.6. The van der Waals surface area contributed by atoms with E-state index in [4.69, 9.17) is 0 Å². The molecule has 3 atom stereocenters. The molecule has 0 aliphatic carbocycles. The summed E-state index contributed by atoms with van der Waals surface area (Å²) in [7, 11) is 0. The molecule has 0 spiro atoms. The van der Waals surface area contributed by atoms with E-state index in [1.54, 1.807) is 0 Å². The molecule has 0 bridgehead atoms. The van der Waals surface area contributed by atoms with E-state index in [0.29, 0.717) is 12.8 Å². The number of aliphatic hydroxyl groups excluding tert-OH is 3. The zero-order chi connectivity index (χ0) is 52.9. The van der Waals surface area contributed by atoms with Crippen LogP contribution in [0.4, 0.5) is 0 Å². The molecular weight excluding hydrogens is 895 g/mol. The van der Waals surface area contributed by atoms with Gasteiger partial charge in [-0.1, -0.05) is 353 Å². The van der Waals surface area contributed by atoms with E-state index >= 15 is 0 Å². The summed E-state index contributed by atoms with van der Waals surface area (Å²) in [6.07, 6.45) is 82.4. The van der Waals surface area contributed by atoms with Crippen molar-refractivity contribution in [2.45, 2.75) is 398 Å². The third-order valence-corrected chi connectivity index (χ3v) is 16.0. The number of rotatable bonds is 63. The van der Waals surface area contributed by atoms with Crippen LogP contribution in [0, 0.1) is 0 Å². The van der Waals surface area contributed by atoms with Crippen LogP contribution in [0.15, 0.2) is 24.3 Å². The Morgan fingerprint density at radius 3 is 0.863 bits per heavy atom. The minimum atomic E-state index is -0.749. The molecule has 4 N–H and O–H groups in total. The number of nitrogens with one attached hydrogen (secondary N) is 1. The quantitative estimate of drug-likeness (QED) is 0.0361. The summed E-state index contributed by atoms with van der Waals surface area (Å²) in [6.45, 7) is 4.31. The molecular formula is C68H133NO4. The van der Waals surface area contributed by atoms with Gasteiger partial charge in [0, 0.05) is 0 Å². The van der Waals surface area contributed by atoms with Crippen LogP contribution in [0.1, 0.15) is 380 Å². The SMILES string of the molecule is CCCCCCCCCCCCCCCCC/C=C\C/C=C\CCCCCCCCCCCCCCCCCC(O)CC(=O)NC(CO)C(O)CCCCCCCCCCCCCCCCCCCCCCC. The number of aliphatic hydroxyl groups is 3. The van der Waals surface area contributed by atoms with E-state index in [1.807, 2.05) is 0 Å². The van der Waals surface area contributed by atoms with Gasteiger partial charge in [0.25, 0.3) is 0 Å². The maximum Gasteiger partial charge on any atom is 0.222 e. The van der Waals surface area contributed by atoms with Crippen LogP contribution < -0.4 is 5.32 Å². The first kappa shape index (κ1) is 71.8. The monoisotopic (exact) mass is 1030 g/mol. The summed E-state index contributed by atoms with van der Waals surface area (Å²) in [5.41, 5.74) is 0. The topological polar surface area (TPSA) is 89.8 Å². The molecule has 0 aromatic carbocycles. The molecule has 0 fully saturated rings. The van der Waals surface area contributed by atoms with Crippen molar-refractivity contribution in [3.05, 3.63) is 24.3 Å². The number of amides is 1. The Labute approximate surface area is 458 Å². The minimum absolute atomic E-state index is 0.0397. The van der Waals surface area contributed by atoms with Gasteiger partial charge >= 0.3 is 0 Å². The lowest BCUT2D eigenvalue weighted by atomic mass is 10.0. The molecule has 0 aromatic rings. The van der Waals surface area contributed by atoms with Gasteiger partial charge in [-0.2, -0.15) is 0 Å². The third-order valence-electron chi connectivity index (χ3n) is 16.0. The van der Waals surface area contributed by atoms with Crippen LogP contribution in [0.25, 0.3) is 0 Å². The van der Waals surface area contributed by atoms with Crippen LogP contribution in [0.3, 0.4) is 0 Å². The summed E-state index contributed by atoms with van der Waals surface area (Å²) >= 11 is 0. The number of unbranched alkanes of at least 4 members (excludes halogenated alkanes) is 50. The highest BCUT2D eigenvalue weighted by molar-refractivity contribution is 5.76. The van der Waals surface area contributed by atoms with E-state index in [2.05, 4.69) is 43.5 Å². The van der Waals surface area contributed by atoms with Gasteiger partial charge in [0.1, 0.15) is 0 Å². The van der Waals surface area contributed by atoms with Crippen molar-refractivity contribution >= 4 is 5.91 Å². The molecule has 5 nitrogen and oxygen atoms in total. The van der Waals surface area contributed by atoms with E-state index in [9.17, 15) is 20.1 Å². The summed E-state index contributed by atoms with van der Waals surface area (Å²) < 4.78 is 0. The first-order valence-electron chi connectivity index (χ1n) is 33.6. The number of carbonyl (C=O) groups excluding carboxylic acids is 1. The van der Waals surface area contributed by atoms with Crippen LogP contribution in [-0.4, -0.2) is 46.1 Å². The zero-order valence-corrected chi connectivity index (χ0v) is 49.8. The van der Waals surface area contributed by atoms with Crippen molar-refractivity contribution in [3.8, 4) is 0 Å². The standard InChI is InChI=1S/C68H133NO4/c1-3-5-7-9-11-13-15-17-19-21-23-25-26-27-28-29-30-31-32-33-34-35-36-37-38-39-40-42-43-45-47-49-51-53-55-57-59-61-65(71)63-68(73)69-66(64-70)67(72)62-60-58-56-54-52-50-48-46-44-41-24-22-20-18-16-14-12-10-8-6-4-2/h30-31,33-34,65-67,70-72H,3-29,32,35-64H2,1-2H3,(H,69,73)/b31-30-,34-33-. The molecule has 73 heavy (non-hydrogen) atoms. The molecule has 1 amide bonds. The number of hydrogen-bond acceptors (Lipinski definition) is 4. The molecule has 0 aliphatic rings. The van der Waals surface area contributed by atoms with E-state index in [0.717, 1.165) is 32.1 Å². The molecule has 0 saturated carbocycles. The Bertz CT molecular complexity index is 1090. The van der Waals surface area contributed by atoms with Crippen molar-refractivity contribution in [3.63, 3.8) is 0 Å². The smallest absolute Gasteiger partial charge is 0.222 e. The summed E-state index contributed by atoms with van der Waals surface area (Å²) in [6, 6.07) is -0.658. The fourth-order valence-electron chi connectivity index (χ4n) is 10.9. The van der Waals surface area contributed by atoms with Gasteiger partial charge < -0.3 is 20.6 Å². The predicted molar refractivity (Wildman–Crippen MR) is 324 cm³/mol. The first-order valence-corrected chi connectivity index (χ1v) is 33.6. The van der Waals surface area contributed by atoms with Gasteiger partial charge in [-0.05, 0) is 44.9 Å². The van der Waals surface area contributed by atoms with Gasteiger partial charge in [-0.25, -0.2) is 0 Å². The van der Waals surface area contributed by atoms with Gasteiger partial charge in [0.2, 0.25) is 5.91 Å². The molecule has 0 rings (SSSR count). The highest BCUT2D eigenvalue weighted by Crippen LogP contribution is 2.19. The fraction of sp³-hybridized carbons (Fsp3) is 0.926. The second kappa shape index (κ2) is 63.4. The lowest BCUT2D eigenvalue weighted by Gasteiger charge is -2.23. The van der Waals surface area contributed by atoms with Gasteiger partial charge in [-0.3, -0.25) is 4.79 Å². The number of carbonyl (C=O) groups is 1. The molecule has 5 heteroatoms. The average molecular weight is 1030 g/mol. The maximum absolute atomic E-state index is 12.6. The third kappa shape index (κ3) is 59.9. The zero-order valence-electron chi connectivity index (χ0n) is 49.8. The first-order chi connectivity index (χ1) is 36.0. The van der Waals surface area contributed by atoms with Crippen molar-refractivity contribution < 1.29 is 20.1 Å². The normalized spacial score (nSPS) is 13.2. The second-order valence-corrected chi connectivity index (χ2v) is 23.4. The van der Waals surface area contributed by atoms with Crippen molar-refractivity contribution in [1.29, 1.82) is 0 Å². The Morgan fingerprint density at radius 2 is 0.589 bits per heavy atom. The minimum Gasteiger partial charge on any atom is -0.394 e. The average Bonchev–Trinajstić information content (AvgIpc) is 3.39. The summed E-state index contributed by atoms with van der Waals surface area (Å²) in [5, 5.41) is 33.8. The lowest BCUT2D eigenvalue weighted by molar-refractivity contribution is -0.125. The lowest BCUT2D eigenvalue weighted by Crippen LogP contribution is -2.46. The van der Waals surface area contributed by atoms with Crippen LogP contribution >= 0.6 is 0 Å². The van der Waals surface area contributed by atoms with Crippen LogP contribution in [0.2, 0.25) is 0 Å². The highest BCUT2D eigenvalue weighted by Gasteiger charge is 2.21. The Kier molecular flexibility index (Phi) is 62.3. The van der Waals surface area contributed by atoms with Crippen molar-refractivity contribution in [1.82, 2.24) is 5.32 Å². The van der Waals surface area contributed by atoms with E-state index in [-0.39, 0.29) is 18.9 Å². The maximum atomic E-state index is 12.6. The highest BCUT2D eigenvalue weighted by atomic mass is 16.3. The van der Waals surface area contributed by atoms with Crippen molar-refractivity contribution in [2.24, 2.45) is 0 Å². The largest absolute Gasteiger partial charge is 0.394 e. The number of hydrogen-bond donors (Lipinski definition) is 4. The predicted octanol–water partition coefficient (Wildman–Crippen LogP) is 21.6. The Balaban J connectivity index is 3.46. The Hall–Kier alpha value is -1.17. The molecule has 3 unspecified atom stereocenters. The van der Waals surface area contributed by atoms with Gasteiger partial charge in [0.05, 0.1) is 31.3 Å². The van der Waals surface area contributed by atoms with Gasteiger partial charge in [0.15, 0.2) is 0 Å². The second-order valence-electron chi connectivity index (χ2n) is 23.4. The van der Waals surface area contributed by atoms with Gasteiger partial charge in [-0.15, -0.1) is 0 Å². The van der Waals surface area contributed by atoms with Crippen molar-refractivity contribution in [2.75, 3.05) is 6.61 Å². The fourth-order valence-corrected chi connectivity index (χ4v) is 10.9. The number of allylic oxidation sites excluding steroid dienone is 4.